The van der Waals surface area contributed by atoms with Gasteiger partial charge in [0.15, 0.2) is 0 Å². The van der Waals surface area contributed by atoms with Crippen LogP contribution in [0.5, 0.6) is 0 Å². The van der Waals surface area contributed by atoms with Crippen LogP contribution in [-0.2, 0) is 0 Å². The van der Waals surface area contributed by atoms with Crippen LogP contribution in [0.2, 0.25) is 0 Å². The van der Waals surface area contributed by atoms with Crippen molar-refractivity contribution in [2.24, 2.45) is 0 Å². The van der Waals surface area contributed by atoms with Gasteiger partial charge >= 0.3 is 0 Å². The van der Waals surface area contributed by atoms with Crippen molar-refractivity contribution in [2.45, 2.75) is 25.9 Å². The third-order valence-corrected chi connectivity index (χ3v) is 3.40. The molecule has 1 unspecified atom stereocenters. The highest BCUT2D eigenvalue weighted by atomic mass is 16.3. The molecule has 4 nitrogen and oxygen atoms in total. The molecule has 1 heterocycles. The van der Waals surface area contributed by atoms with E-state index in [9.17, 15) is 9.90 Å². The molecule has 1 aromatic carbocycles. The van der Waals surface area contributed by atoms with Gasteiger partial charge in [-0.2, -0.15) is 0 Å². The molecular formula is C16H20N2O2. The quantitative estimate of drug-likeness (QED) is 0.878. The number of aromatic nitrogens is 1. The summed E-state index contributed by atoms with van der Waals surface area (Å²) in [7, 11) is 0. The zero-order valence-electron chi connectivity index (χ0n) is 11.8. The van der Waals surface area contributed by atoms with Crippen molar-refractivity contribution in [3.05, 3.63) is 54.4 Å². The first-order chi connectivity index (χ1) is 9.52. The van der Waals surface area contributed by atoms with Gasteiger partial charge in [-0.25, -0.2) is 0 Å². The lowest BCUT2D eigenvalue weighted by Gasteiger charge is -2.21. The lowest BCUT2D eigenvalue weighted by Crippen LogP contribution is -2.40. The highest BCUT2D eigenvalue weighted by Crippen LogP contribution is 2.12. The van der Waals surface area contributed by atoms with Gasteiger partial charge in [0.2, 0.25) is 0 Å². The maximum atomic E-state index is 12.1. The maximum absolute atomic E-state index is 12.1. The Morgan fingerprint density at radius 2 is 2.00 bits per heavy atom. The van der Waals surface area contributed by atoms with E-state index in [2.05, 4.69) is 5.32 Å². The van der Waals surface area contributed by atoms with Gasteiger partial charge in [0.05, 0.1) is 5.60 Å². The number of aliphatic hydroxyl groups is 1. The van der Waals surface area contributed by atoms with Crippen molar-refractivity contribution in [2.75, 3.05) is 6.54 Å². The molecule has 2 rings (SSSR count). The third-order valence-electron chi connectivity index (χ3n) is 3.40. The van der Waals surface area contributed by atoms with E-state index in [4.69, 9.17) is 0 Å². The van der Waals surface area contributed by atoms with E-state index in [0.29, 0.717) is 12.0 Å². The van der Waals surface area contributed by atoms with E-state index >= 15 is 0 Å². The van der Waals surface area contributed by atoms with E-state index in [1.165, 1.54) is 0 Å². The molecule has 1 amide bonds. The fraction of sp³-hybridized carbons (Fsp3) is 0.312. The predicted octanol–water partition coefficient (Wildman–Crippen LogP) is 2.37. The van der Waals surface area contributed by atoms with Crippen LogP contribution in [0.1, 0.15) is 30.6 Å². The molecule has 1 atom stereocenters. The topological polar surface area (TPSA) is 54.3 Å². The van der Waals surface area contributed by atoms with Crippen molar-refractivity contribution in [3.8, 4) is 5.69 Å². The van der Waals surface area contributed by atoms with Crippen LogP contribution in [0.15, 0.2) is 48.8 Å². The van der Waals surface area contributed by atoms with Crippen LogP contribution in [0.25, 0.3) is 5.69 Å². The molecule has 0 saturated heterocycles. The SMILES string of the molecule is CCC(C)(O)CNC(=O)c1cccc(-n2cccc2)c1. The molecule has 2 aromatic rings. The molecule has 0 spiro atoms. The molecule has 1 aromatic heterocycles. The fourth-order valence-corrected chi connectivity index (χ4v) is 1.81. The summed E-state index contributed by atoms with van der Waals surface area (Å²) in [5, 5.41) is 12.7. The second-order valence-corrected chi connectivity index (χ2v) is 5.17. The molecule has 0 bridgehead atoms. The Bertz CT molecular complexity index is 574. The first kappa shape index (κ1) is 14.3. The molecule has 0 saturated carbocycles. The summed E-state index contributed by atoms with van der Waals surface area (Å²) in [6.45, 7) is 3.85. The van der Waals surface area contributed by atoms with Gasteiger partial charge < -0.3 is 15.0 Å². The average molecular weight is 272 g/mol. The van der Waals surface area contributed by atoms with Gasteiger partial charge in [-0.3, -0.25) is 4.79 Å². The summed E-state index contributed by atoms with van der Waals surface area (Å²) in [6.07, 6.45) is 4.45. The minimum Gasteiger partial charge on any atom is -0.388 e. The zero-order chi connectivity index (χ0) is 14.6. The second kappa shape index (κ2) is 5.92. The summed E-state index contributed by atoms with van der Waals surface area (Å²) in [6, 6.07) is 11.3. The van der Waals surface area contributed by atoms with E-state index in [1.54, 1.807) is 13.0 Å². The van der Waals surface area contributed by atoms with Crippen LogP contribution < -0.4 is 5.32 Å². The number of benzene rings is 1. The van der Waals surface area contributed by atoms with E-state index in [0.717, 1.165) is 5.69 Å². The van der Waals surface area contributed by atoms with Gasteiger partial charge in [-0.15, -0.1) is 0 Å². The van der Waals surface area contributed by atoms with Crippen molar-refractivity contribution in [1.82, 2.24) is 9.88 Å². The molecule has 2 N–H and O–H groups in total. The van der Waals surface area contributed by atoms with Crippen molar-refractivity contribution in [1.29, 1.82) is 0 Å². The summed E-state index contributed by atoms with van der Waals surface area (Å²) < 4.78 is 1.94. The molecule has 0 aliphatic rings. The smallest absolute Gasteiger partial charge is 0.251 e. The predicted molar refractivity (Wildman–Crippen MR) is 79.0 cm³/mol. The van der Waals surface area contributed by atoms with Crippen LogP contribution in [0.4, 0.5) is 0 Å². The molecule has 4 heteroatoms. The standard InChI is InChI=1S/C16H20N2O2/c1-3-16(2,20)12-17-15(19)13-7-6-8-14(11-13)18-9-4-5-10-18/h4-11,20H,3,12H2,1-2H3,(H,17,19). The summed E-state index contributed by atoms with van der Waals surface area (Å²) in [4.78, 5) is 12.1. The number of hydrogen-bond donors (Lipinski definition) is 2. The van der Waals surface area contributed by atoms with E-state index in [-0.39, 0.29) is 12.5 Å². The summed E-state index contributed by atoms with van der Waals surface area (Å²) in [5.41, 5.74) is 0.654. The lowest BCUT2D eigenvalue weighted by molar-refractivity contribution is 0.0518. The summed E-state index contributed by atoms with van der Waals surface area (Å²) >= 11 is 0. The zero-order valence-corrected chi connectivity index (χ0v) is 11.8. The number of amides is 1. The van der Waals surface area contributed by atoms with Crippen LogP contribution in [-0.4, -0.2) is 27.7 Å². The number of rotatable bonds is 5. The maximum Gasteiger partial charge on any atom is 0.251 e. The van der Waals surface area contributed by atoms with Crippen LogP contribution >= 0.6 is 0 Å². The first-order valence-electron chi connectivity index (χ1n) is 6.76. The minimum atomic E-state index is -0.867. The highest BCUT2D eigenvalue weighted by molar-refractivity contribution is 5.94. The Hall–Kier alpha value is -2.07. The number of nitrogens with one attached hydrogen (secondary N) is 1. The molecular weight excluding hydrogens is 252 g/mol. The minimum absolute atomic E-state index is 0.173. The Balaban J connectivity index is 2.09. The third kappa shape index (κ3) is 3.48. The molecule has 20 heavy (non-hydrogen) atoms. The number of nitrogens with zero attached hydrogens (tertiary/aromatic N) is 1. The molecule has 0 radical (unpaired) electrons. The highest BCUT2D eigenvalue weighted by Gasteiger charge is 2.18. The van der Waals surface area contributed by atoms with Crippen LogP contribution in [0, 0.1) is 0 Å². The fourth-order valence-electron chi connectivity index (χ4n) is 1.81. The van der Waals surface area contributed by atoms with Crippen LogP contribution in [0.3, 0.4) is 0 Å². The Morgan fingerprint density at radius 1 is 1.30 bits per heavy atom. The molecule has 0 fully saturated rings. The van der Waals surface area contributed by atoms with Gasteiger partial charge in [0.1, 0.15) is 0 Å². The number of hydrogen-bond acceptors (Lipinski definition) is 2. The van der Waals surface area contributed by atoms with Gasteiger partial charge in [0, 0.05) is 30.2 Å². The Morgan fingerprint density at radius 3 is 2.65 bits per heavy atom. The van der Waals surface area contributed by atoms with Gasteiger partial charge in [0.25, 0.3) is 5.91 Å². The van der Waals surface area contributed by atoms with E-state index in [1.807, 2.05) is 54.2 Å². The number of carbonyl (C=O) groups is 1. The molecule has 106 valence electrons. The Labute approximate surface area is 119 Å². The average Bonchev–Trinajstić information content (AvgIpc) is 2.99. The normalized spacial score (nSPS) is 13.8. The monoisotopic (exact) mass is 272 g/mol. The van der Waals surface area contributed by atoms with Crippen molar-refractivity contribution >= 4 is 5.91 Å². The van der Waals surface area contributed by atoms with Gasteiger partial charge in [-0.05, 0) is 43.7 Å². The molecule has 0 aliphatic heterocycles. The molecule has 0 aliphatic carbocycles. The first-order valence-corrected chi connectivity index (χ1v) is 6.76. The van der Waals surface area contributed by atoms with E-state index < -0.39 is 5.60 Å². The van der Waals surface area contributed by atoms with Crippen molar-refractivity contribution < 1.29 is 9.90 Å². The number of carbonyl (C=O) groups excluding carboxylic acids is 1. The van der Waals surface area contributed by atoms with Crippen molar-refractivity contribution in [3.63, 3.8) is 0 Å². The second-order valence-electron chi connectivity index (χ2n) is 5.17. The lowest BCUT2D eigenvalue weighted by atomic mass is 10.0. The van der Waals surface area contributed by atoms with Gasteiger partial charge in [-0.1, -0.05) is 13.0 Å². The summed E-state index contributed by atoms with van der Waals surface area (Å²) in [5.74, 6) is -0.173. The Kier molecular flexibility index (Phi) is 4.25. The largest absolute Gasteiger partial charge is 0.388 e.